The molecule has 20 heavy (non-hydrogen) atoms. The van der Waals surface area contributed by atoms with E-state index in [9.17, 15) is 0 Å². The van der Waals surface area contributed by atoms with Crippen LogP contribution in [-0.2, 0) is 18.2 Å². The van der Waals surface area contributed by atoms with Gasteiger partial charge in [0.25, 0.3) is 0 Å². The molecule has 114 valence electrons. The summed E-state index contributed by atoms with van der Waals surface area (Å²) in [5, 5.41) is 8.76. The smallest absolute Gasteiger partial charge is 0.130 e. The van der Waals surface area contributed by atoms with Gasteiger partial charge in [-0.2, -0.15) is 5.10 Å². The van der Waals surface area contributed by atoms with E-state index in [1.165, 1.54) is 12.0 Å². The largest absolute Gasteiger partial charge is 0.381 e. The molecular formula is C15H26ClN3O. The Hall–Kier alpha value is -0.580. The predicted octanol–water partition coefficient (Wildman–Crippen LogP) is 2.72. The molecule has 1 saturated heterocycles. The fourth-order valence-electron chi connectivity index (χ4n) is 2.92. The fraction of sp³-hybridized carbons (Fsp3) is 0.800. The Bertz CT molecular complexity index is 450. The lowest BCUT2D eigenvalue weighted by atomic mass is 9.77. The van der Waals surface area contributed by atoms with Gasteiger partial charge in [-0.1, -0.05) is 25.4 Å². The van der Waals surface area contributed by atoms with Crippen molar-refractivity contribution >= 4 is 11.6 Å². The molecule has 0 radical (unpaired) electrons. The Kier molecular flexibility index (Phi) is 5.10. The van der Waals surface area contributed by atoms with Gasteiger partial charge in [0.1, 0.15) is 5.15 Å². The first-order chi connectivity index (χ1) is 9.43. The normalized spacial score (nSPS) is 23.5. The summed E-state index contributed by atoms with van der Waals surface area (Å²) in [7, 11) is 1.90. The Morgan fingerprint density at radius 3 is 2.75 bits per heavy atom. The maximum Gasteiger partial charge on any atom is 0.130 e. The van der Waals surface area contributed by atoms with Gasteiger partial charge in [0.15, 0.2) is 0 Å². The van der Waals surface area contributed by atoms with Crippen LogP contribution in [0.5, 0.6) is 0 Å². The summed E-state index contributed by atoms with van der Waals surface area (Å²) in [6.07, 6.45) is 3.24. The first kappa shape index (κ1) is 15.8. The van der Waals surface area contributed by atoms with E-state index in [1.807, 2.05) is 14.0 Å². The standard InChI is InChI=1S/C15H26ClN3O/c1-11(2)17-9-15(6-5-7-20-10-15)8-13-12(3)18-19(4)14(13)16/h11,17H,5-10H2,1-4H3. The minimum absolute atomic E-state index is 0.139. The zero-order chi connectivity index (χ0) is 14.8. The molecule has 0 bridgehead atoms. The number of ether oxygens (including phenoxy) is 1. The average Bonchev–Trinajstić information content (AvgIpc) is 2.64. The molecule has 2 heterocycles. The van der Waals surface area contributed by atoms with E-state index in [1.54, 1.807) is 4.68 Å². The number of aryl methyl sites for hydroxylation is 2. The second-order valence-electron chi connectivity index (χ2n) is 6.35. The molecular weight excluding hydrogens is 274 g/mol. The van der Waals surface area contributed by atoms with Gasteiger partial charge < -0.3 is 10.1 Å². The van der Waals surface area contributed by atoms with Crippen molar-refractivity contribution in [3.8, 4) is 0 Å². The predicted molar refractivity (Wildman–Crippen MR) is 82.3 cm³/mol. The molecule has 1 atom stereocenters. The third-order valence-corrected chi connectivity index (χ3v) is 4.58. The second kappa shape index (κ2) is 6.46. The van der Waals surface area contributed by atoms with Crippen LogP contribution in [0.4, 0.5) is 0 Å². The van der Waals surface area contributed by atoms with Gasteiger partial charge in [-0.05, 0) is 26.2 Å². The third-order valence-electron chi connectivity index (χ3n) is 4.11. The van der Waals surface area contributed by atoms with Gasteiger partial charge in [0.2, 0.25) is 0 Å². The van der Waals surface area contributed by atoms with E-state index in [0.717, 1.165) is 43.4 Å². The summed E-state index contributed by atoms with van der Waals surface area (Å²) in [4.78, 5) is 0. The number of halogens is 1. The molecule has 0 aromatic carbocycles. The van der Waals surface area contributed by atoms with Crippen LogP contribution >= 0.6 is 11.6 Å². The number of aromatic nitrogens is 2. The van der Waals surface area contributed by atoms with Crippen molar-refractivity contribution in [2.45, 2.75) is 46.1 Å². The van der Waals surface area contributed by atoms with E-state index in [0.29, 0.717) is 6.04 Å². The zero-order valence-corrected chi connectivity index (χ0v) is 13.8. The highest BCUT2D eigenvalue weighted by molar-refractivity contribution is 6.30. The number of hydrogen-bond acceptors (Lipinski definition) is 3. The minimum atomic E-state index is 0.139. The number of nitrogens with one attached hydrogen (secondary N) is 1. The molecule has 4 nitrogen and oxygen atoms in total. The van der Waals surface area contributed by atoms with Gasteiger partial charge in [-0.25, -0.2) is 0 Å². The highest BCUT2D eigenvalue weighted by Crippen LogP contribution is 2.35. The van der Waals surface area contributed by atoms with Crippen LogP contribution in [0, 0.1) is 12.3 Å². The Morgan fingerprint density at radius 1 is 1.50 bits per heavy atom. The first-order valence-electron chi connectivity index (χ1n) is 7.43. The molecule has 0 aliphatic carbocycles. The molecule has 1 aliphatic rings. The number of hydrogen-bond donors (Lipinski definition) is 1. The second-order valence-corrected chi connectivity index (χ2v) is 6.70. The van der Waals surface area contributed by atoms with E-state index in [2.05, 4.69) is 24.3 Å². The van der Waals surface area contributed by atoms with E-state index >= 15 is 0 Å². The maximum absolute atomic E-state index is 6.40. The SMILES string of the molecule is Cc1nn(C)c(Cl)c1CC1(CNC(C)C)CCCOC1. The van der Waals surface area contributed by atoms with Crippen molar-refractivity contribution in [3.63, 3.8) is 0 Å². The quantitative estimate of drug-likeness (QED) is 0.908. The first-order valence-corrected chi connectivity index (χ1v) is 7.80. The van der Waals surface area contributed by atoms with Crippen LogP contribution in [0.15, 0.2) is 0 Å². The molecule has 5 heteroatoms. The van der Waals surface area contributed by atoms with Gasteiger partial charge in [-0.3, -0.25) is 4.68 Å². The van der Waals surface area contributed by atoms with Gasteiger partial charge in [0, 0.05) is 37.2 Å². The Balaban J connectivity index is 2.18. The molecule has 1 aromatic heterocycles. The minimum Gasteiger partial charge on any atom is -0.381 e. The molecule has 0 amide bonds. The summed E-state index contributed by atoms with van der Waals surface area (Å²) in [5.41, 5.74) is 2.34. The van der Waals surface area contributed by atoms with Crippen LogP contribution in [0.1, 0.15) is 37.9 Å². The molecule has 1 fully saturated rings. The highest BCUT2D eigenvalue weighted by Gasteiger charge is 2.35. The molecule has 2 rings (SSSR count). The van der Waals surface area contributed by atoms with Gasteiger partial charge >= 0.3 is 0 Å². The van der Waals surface area contributed by atoms with Crippen LogP contribution < -0.4 is 5.32 Å². The number of rotatable bonds is 5. The summed E-state index contributed by atoms with van der Waals surface area (Å²) in [6.45, 7) is 9.05. The molecule has 1 unspecified atom stereocenters. The van der Waals surface area contributed by atoms with Crippen molar-refractivity contribution in [1.82, 2.24) is 15.1 Å². The lowest BCUT2D eigenvalue weighted by Crippen LogP contribution is -2.44. The monoisotopic (exact) mass is 299 g/mol. The summed E-state index contributed by atoms with van der Waals surface area (Å²) in [5.74, 6) is 0. The molecule has 1 aromatic rings. The maximum atomic E-state index is 6.40. The van der Waals surface area contributed by atoms with Crippen LogP contribution in [0.25, 0.3) is 0 Å². The van der Waals surface area contributed by atoms with Gasteiger partial charge in [0.05, 0.1) is 12.3 Å². The van der Waals surface area contributed by atoms with Gasteiger partial charge in [-0.15, -0.1) is 0 Å². The van der Waals surface area contributed by atoms with Crippen molar-refractivity contribution in [3.05, 3.63) is 16.4 Å². The Morgan fingerprint density at radius 2 is 2.25 bits per heavy atom. The lowest BCUT2D eigenvalue weighted by Gasteiger charge is -2.38. The van der Waals surface area contributed by atoms with Crippen molar-refractivity contribution in [1.29, 1.82) is 0 Å². The van der Waals surface area contributed by atoms with E-state index in [4.69, 9.17) is 16.3 Å². The van der Waals surface area contributed by atoms with Crippen LogP contribution in [0.2, 0.25) is 5.15 Å². The molecule has 0 spiro atoms. The molecule has 0 saturated carbocycles. The topological polar surface area (TPSA) is 39.1 Å². The summed E-state index contributed by atoms with van der Waals surface area (Å²) in [6, 6.07) is 0.485. The average molecular weight is 300 g/mol. The summed E-state index contributed by atoms with van der Waals surface area (Å²) < 4.78 is 7.53. The van der Waals surface area contributed by atoms with Crippen molar-refractivity contribution < 1.29 is 4.74 Å². The van der Waals surface area contributed by atoms with Crippen molar-refractivity contribution in [2.24, 2.45) is 12.5 Å². The van der Waals surface area contributed by atoms with E-state index < -0.39 is 0 Å². The zero-order valence-electron chi connectivity index (χ0n) is 13.0. The van der Waals surface area contributed by atoms with Crippen LogP contribution in [-0.4, -0.2) is 35.6 Å². The highest BCUT2D eigenvalue weighted by atomic mass is 35.5. The summed E-state index contributed by atoms with van der Waals surface area (Å²) >= 11 is 6.40. The van der Waals surface area contributed by atoms with Crippen LogP contribution in [0.3, 0.4) is 0 Å². The van der Waals surface area contributed by atoms with E-state index in [-0.39, 0.29) is 5.41 Å². The molecule has 1 N–H and O–H groups in total. The fourth-order valence-corrected chi connectivity index (χ4v) is 3.16. The Labute approximate surface area is 126 Å². The number of nitrogens with zero attached hydrogens (tertiary/aromatic N) is 2. The molecule has 1 aliphatic heterocycles. The lowest BCUT2D eigenvalue weighted by molar-refractivity contribution is -0.00808. The van der Waals surface area contributed by atoms with Crippen molar-refractivity contribution in [2.75, 3.05) is 19.8 Å². The third kappa shape index (κ3) is 3.54.